The first-order valence-electron chi connectivity index (χ1n) is 11.4. The van der Waals surface area contributed by atoms with Crippen molar-refractivity contribution in [2.45, 2.75) is 0 Å². The maximum atomic E-state index is 13.1. The van der Waals surface area contributed by atoms with E-state index < -0.39 is 0 Å². The van der Waals surface area contributed by atoms with Gasteiger partial charge in [-0.25, -0.2) is 9.97 Å². The number of carbonyl (C=O) groups is 1. The highest BCUT2D eigenvalue weighted by Crippen LogP contribution is 2.30. The Balaban J connectivity index is 1.43. The first-order chi connectivity index (χ1) is 17.1. The average molecular weight is 458 g/mol. The molecule has 6 nitrogen and oxygen atoms in total. The quantitative estimate of drug-likeness (QED) is 0.351. The molecule has 2 heterocycles. The molecule has 0 saturated heterocycles. The van der Waals surface area contributed by atoms with Gasteiger partial charge in [0.15, 0.2) is 0 Å². The number of amides is 1. The van der Waals surface area contributed by atoms with E-state index in [4.69, 9.17) is 9.97 Å². The number of carbonyl (C=O) groups excluding carboxylic acids is 1. The number of benzene rings is 4. The van der Waals surface area contributed by atoms with Crippen molar-refractivity contribution in [2.24, 2.45) is 14.1 Å². The van der Waals surface area contributed by atoms with Gasteiger partial charge in [-0.15, -0.1) is 0 Å². The molecule has 0 spiro atoms. The van der Waals surface area contributed by atoms with Gasteiger partial charge in [-0.2, -0.15) is 0 Å². The first kappa shape index (κ1) is 20.9. The topological polar surface area (TPSA) is 64.7 Å². The molecule has 1 N–H and O–H groups in total. The second-order valence-electron chi connectivity index (χ2n) is 8.55. The maximum Gasteiger partial charge on any atom is 0.257 e. The summed E-state index contributed by atoms with van der Waals surface area (Å²) in [6.45, 7) is 0. The Morgan fingerprint density at radius 1 is 0.686 bits per heavy atom. The predicted molar refractivity (Wildman–Crippen MR) is 140 cm³/mol. The van der Waals surface area contributed by atoms with Crippen LogP contribution in [0.4, 0.5) is 5.69 Å². The summed E-state index contributed by atoms with van der Waals surface area (Å²) in [6, 6.07) is 31.5. The number of aryl methyl sites for hydroxylation is 2. The lowest BCUT2D eigenvalue weighted by atomic mass is 10.1. The molecule has 4 aromatic carbocycles. The van der Waals surface area contributed by atoms with Crippen LogP contribution in [-0.2, 0) is 14.1 Å². The highest BCUT2D eigenvalue weighted by molar-refractivity contribution is 6.12. The van der Waals surface area contributed by atoms with E-state index in [0.29, 0.717) is 11.1 Å². The van der Waals surface area contributed by atoms with E-state index in [1.807, 2.05) is 97.5 Å². The largest absolute Gasteiger partial charge is 0.327 e. The highest BCUT2D eigenvalue weighted by atomic mass is 16.1. The molecular formula is C29H23N5O. The molecule has 0 bridgehead atoms. The van der Waals surface area contributed by atoms with Gasteiger partial charge >= 0.3 is 0 Å². The van der Waals surface area contributed by atoms with Gasteiger partial charge in [0.25, 0.3) is 5.91 Å². The molecule has 2 aromatic heterocycles. The third-order valence-electron chi connectivity index (χ3n) is 6.35. The molecule has 6 rings (SSSR count). The predicted octanol–water partition coefficient (Wildman–Crippen LogP) is 6.05. The van der Waals surface area contributed by atoms with Crippen molar-refractivity contribution in [3.8, 4) is 22.8 Å². The van der Waals surface area contributed by atoms with Crippen LogP contribution in [0.5, 0.6) is 0 Å². The number of aromatic nitrogens is 4. The summed E-state index contributed by atoms with van der Waals surface area (Å²) in [4.78, 5) is 22.8. The Morgan fingerprint density at radius 2 is 1.31 bits per heavy atom. The zero-order valence-corrected chi connectivity index (χ0v) is 19.4. The summed E-state index contributed by atoms with van der Waals surface area (Å²) in [5, 5.41) is 2.97. The maximum absolute atomic E-state index is 13.1. The van der Waals surface area contributed by atoms with Gasteiger partial charge in [0.1, 0.15) is 17.2 Å². The third-order valence-corrected chi connectivity index (χ3v) is 6.35. The van der Waals surface area contributed by atoms with Crippen LogP contribution in [0, 0.1) is 0 Å². The molecule has 0 aliphatic carbocycles. The van der Waals surface area contributed by atoms with Gasteiger partial charge in [-0.1, -0.05) is 54.6 Å². The number of imidazole rings is 2. The Morgan fingerprint density at radius 3 is 2.09 bits per heavy atom. The van der Waals surface area contributed by atoms with E-state index >= 15 is 0 Å². The molecule has 0 saturated carbocycles. The third kappa shape index (κ3) is 3.56. The van der Waals surface area contributed by atoms with Gasteiger partial charge in [0, 0.05) is 30.9 Å². The molecule has 6 heteroatoms. The van der Waals surface area contributed by atoms with Crippen LogP contribution in [0.2, 0.25) is 0 Å². The van der Waals surface area contributed by atoms with Crippen LogP contribution in [0.15, 0.2) is 97.1 Å². The number of rotatable bonds is 4. The Bertz CT molecular complexity index is 1710. The van der Waals surface area contributed by atoms with Gasteiger partial charge in [0.2, 0.25) is 0 Å². The molecule has 0 radical (unpaired) electrons. The molecule has 0 aliphatic rings. The highest BCUT2D eigenvalue weighted by Gasteiger charge is 2.18. The van der Waals surface area contributed by atoms with E-state index in [-0.39, 0.29) is 5.91 Å². The lowest BCUT2D eigenvalue weighted by Crippen LogP contribution is -2.12. The van der Waals surface area contributed by atoms with Crippen molar-refractivity contribution in [2.75, 3.05) is 5.32 Å². The average Bonchev–Trinajstić information content (AvgIpc) is 3.42. The van der Waals surface area contributed by atoms with Crippen molar-refractivity contribution in [3.05, 3.63) is 103 Å². The minimum Gasteiger partial charge on any atom is -0.327 e. The number of anilines is 1. The molecule has 6 aromatic rings. The molecule has 0 aliphatic heterocycles. The van der Waals surface area contributed by atoms with Crippen molar-refractivity contribution < 1.29 is 4.79 Å². The normalized spacial score (nSPS) is 11.3. The molecule has 0 fully saturated rings. The minimum absolute atomic E-state index is 0.181. The summed E-state index contributed by atoms with van der Waals surface area (Å²) < 4.78 is 4.14. The molecular weight excluding hydrogens is 434 g/mol. The lowest BCUT2D eigenvalue weighted by molar-refractivity contribution is 0.102. The van der Waals surface area contributed by atoms with E-state index in [9.17, 15) is 4.79 Å². The van der Waals surface area contributed by atoms with Gasteiger partial charge in [-0.05, 0) is 42.5 Å². The summed E-state index contributed by atoms with van der Waals surface area (Å²) in [5.74, 6) is 1.51. The monoisotopic (exact) mass is 457 g/mol. The fourth-order valence-corrected chi connectivity index (χ4v) is 4.58. The zero-order valence-electron chi connectivity index (χ0n) is 19.4. The van der Waals surface area contributed by atoms with E-state index in [1.54, 1.807) is 0 Å². The van der Waals surface area contributed by atoms with Crippen LogP contribution in [0.1, 0.15) is 10.4 Å². The summed E-state index contributed by atoms with van der Waals surface area (Å²) in [7, 11) is 4.01. The SMILES string of the molecule is Cn1c(-c2cccc(-c3nc4c(C(=O)Nc5ccccc5)cccc4n3C)c2)nc2ccccc21. The second-order valence-corrected chi connectivity index (χ2v) is 8.55. The lowest BCUT2D eigenvalue weighted by Gasteiger charge is -2.07. The van der Waals surface area contributed by atoms with Crippen molar-refractivity contribution in [1.29, 1.82) is 0 Å². The number of nitrogens with zero attached hydrogens (tertiary/aromatic N) is 4. The fraction of sp³-hybridized carbons (Fsp3) is 0.0690. The summed E-state index contributed by atoms with van der Waals surface area (Å²) in [6.07, 6.45) is 0. The van der Waals surface area contributed by atoms with Crippen LogP contribution < -0.4 is 5.32 Å². The number of hydrogen-bond acceptors (Lipinski definition) is 3. The Hall–Kier alpha value is -4.71. The van der Waals surface area contributed by atoms with Crippen LogP contribution >= 0.6 is 0 Å². The smallest absolute Gasteiger partial charge is 0.257 e. The van der Waals surface area contributed by atoms with Crippen molar-refractivity contribution in [3.63, 3.8) is 0 Å². The van der Waals surface area contributed by atoms with Crippen molar-refractivity contribution >= 4 is 33.7 Å². The molecule has 170 valence electrons. The molecule has 0 atom stereocenters. The summed E-state index contributed by atoms with van der Waals surface area (Å²) >= 11 is 0. The number of nitrogens with one attached hydrogen (secondary N) is 1. The van der Waals surface area contributed by atoms with Gasteiger partial charge in [0.05, 0.1) is 22.1 Å². The first-order valence-corrected chi connectivity index (χ1v) is 11.4. The van der Waals surface area contributed by atoms with E-state index in [2.05, 4.69) is 28.1 Å². The number of hydrogen-bond donors (Lipinski definition) is 1. The fourth-order valence-electron chi connectivity index (χ4n) is 4.58. The Kier molecular flexibility index (Phi) is 4.92. The molecule has 0 unspecified atom stereocenters. The van der Waals surface area contributed by atoms with Crippen molar-refractivity contribution in [1.82, 2.24) is 19.1 Å². The van der Waals surface area contributed by atoms with Crippen LogP contribution in [0.25, 0.3) is 44.8 Å². The van der Waals surface area contributed by atoms with Gasteiger partial charge in [-0.3, -0.25) is 4.79 Å². The Labute approximate surface area is 202 Å². The second kappa shape index (κ2) is 8.25. The van der Waals surface area contributed by atoms with E-state index in [1.165, 1.54) is 0 Å². The van der Waals surface area contributed by atoms with Gasteiger partial charge < -0.3 is 14.5 Å². The summed E-state index contributed by atoms with van der Waals surface area (Å²) in [5.41, 5.74) is 6.89. The molecule has 35 heavy (non-hydrogen) atoms. The van der Waals surface area contributed by atoms with Crippen LogP contribution in [-0.4, -0.2) is 25.0 Å². The van der Waals surface area contributed by atoms with Crippen LogP contribution in [0.3, 0.4) is 0 Å². The number of fused-ring (bicyclic) bond motifs is 2. The molecule has 1 amide bonds. The standard InChI is InChI=1S/C29H23N5O/c1-33-24-16-7-6-15-23(24)31-27(33)19-10-8-11-20(18-19)28-32-26-22(14-9-17-25(26)34(28)2)29(35)30-21-12-4-3-5-13-21/h3-18H,1-2H3,(H,30,35). The zero-order chi connectivity index (χ0) is 23.9. The minimum atomic E-state index is -0.181. The van der Waals surface area contributed by atoms with E-state index in [0.717, 1.165) is 45.0 Å². The number of para-hydroxylation sites is 4.